The Labute approximate surface area is 159 Å². The number of nitrogens with one attached hydrogen (secondary N) is 2. The summed E-state index contributed by atoms with van der Waals surface area (Å²) in [7, 11) is 0. The van der Waals surface area contributed by atoms with E-state index in [0.717, 1.165) is 24.9 Å². The summed E-state index contributed by atoms with van der Waals surface area (Å²) >= 11 is 0. The molecule has 5 nitrogen and oxygen atoms in total. The van der Waals surface area contributed by atoms with Gasteiger partial charge in [-0.2, -0.15) is 0 Å². The van der Waals surface area contributed by atoms with Crippen LogP contribution in [0.25, 0.3) is 0 Å². The van der Waals surface area contributed by atoms with Gasteiger partial charge < -0.3 is 10.6 Å². The highest BCUT2D eigenvalue weighted by atomic mass is 16.1. The number of hydrogen-bond acceptors (Lipinski definition) is 4. The first-order valence-electron chi connectivity index (χ1n) is 9.42. The van der Waals surface area contributed by atoms with Crippen molar-refractivity contribution in [2.75, 3.05) is 11.9 Å². The van der Waals surface area contributed by atoms with Crippen molar-refractivity contribution in [2.45, 2.75) is 39.0 Å². The molecule has 0 radical (unpaired) electrons. The van der Waals surface area contributed by atoms with Gasteiger partial charge in [0.1, 0.15) is 5.82 Å². The predicted molar refractivity (Wildman–Crippen MR) is 107 cm³/mol. The van der Waals surface area contributed by atoms with E-state index in [9.17, 15) is 9.59 Å². The molecule has 0 bridgehead atoms. The number of hydrogen-bond donors (Lipinski definition) is 2. The fourth-order valence-corrected chi connectivity index (χ4v) is 3.17. The zero-order valence-corrected chi connectivity index (χ0v) is 15.6. The number of allylic oxidation sites excluding steroid dienone is 1. The second kappa shape index (κ2) is 9.12. The maximum Gasteiger partial charge on any atom is 0.251 e. The average molecular weight is 363 g/mol. The van der Waals surface area contributed by atoms with Crippen LogP contribution in [0.4, 0.5) is 11.5 Å². The minimum absolute atomic E-state index is 0.00724. The number of ketones is 1. The van der Waals surface area contributed by atoms with E-state index < -0.39 is 0 Å². The molecule has 1 heterocycles. The number of anilines is 2. The summed E-state index contributed by atoms with van der Waals surface area (Å²) < 4.78 is 0. The summed E-state index contributed by atoms with van der Waals surface area (Å²) in [5.74, 6) is 0.473. The minimum Gasteiger partial charge on any atom is -0.352 e. The summed E-state index contributed by atoms with van der Waals surface area (Å²) in [6, 6.07) is 10.6. The van der Waals surface area contributed by atoms with Crippen LogP contribution in [0.1, 0.15) is 59.7 Å². The summed E-state index contributed by atoms with van der Waals surface area (Å²) in [5.41, 5.74) is 3.40. The Bertz CT molecular complexity index is 858. The molecule has 0 spiro atoms. The average Bonchev–Trinajstić information content (AvgIpc) is 2.69. The van der Waals surface area contributed by atoms with Crippen LogP contribution >= 0.6 is 0 Å². The monoisotopic (exact) mass is 363 g/mol. The first-order valence-corrected chi connectivity index (χ1v) is 9.42. The Balaban J connectivity index is 1.59. The lowest BCUT2D eigenvalue weighted by Crippen LogP contribution is -2.25. The first-order chi connectivity index (χ1) is 13.1. The van der Waals surface area contributed by atoms with E-state index in [4.69, 9.17) is 0 Å². The van der Waals surface area contributed by atoms with Crippen molar-refractivity contribution in [1.82, 2.24) is 10.3 Å². The molecule has 1 aliphatic carbocycles. The number of carbonyl (C=O) groups excluding carboxylic acids is 2. The number of nitrogens with zero attached hydrogens (tertiary/aromatic N) is 1. The smallest absolute Gasteiger partial charge is 0.251 e. The van der Waals surface area contributed by atoms with Gasteiger partial charge in [0.25, 0.3) is 5.91 Å². The molecule has 3 rings (SSSR count). The van der Waals surface area contributed by atoms with Crippen LogP contribution in [0.2, 0.25) is 0 Å². The minimum atomic E-state index is -0.102. The van der Waals surface area contributed by atoms with E-state index in [0.29, 0.717) is 23.5 Å². The van der Waals surface area contributed by atoms with Crippen LogP contribution in [-0.4, -0.2) is 23.2 Å². The molecule has 27 heavy (non-hydrogen) atoms. The molecule has 1 aliphatic rings. The van der Waals surface area contributed by atoms with E-state index in [1.54, 1.807) is 30.5 Å². The molecule has 1 aromatic carbocycles. The lowest BCUT2D eigenvalue weighted by Gasteiger charge is -2.13. The zero-order valence-electron chi connectivity index (χ0n) is 15.6. The van der Waals surface area contributed by atoms with Gasteiger partial charge in [0, 0.05) is 29.6 Å². The van der Waals surface area contributed by atoms with Crippen molar-refractivity contribution >= 4 is 23.2 Å². The molecule has 0 saturated heterocycles. The largest absolute Gasteiger partial charge is 0.352 e. The van der Waals surface area contributed by atoms with Crippen LogP contribution in [0.15, 0.2) is 54.2 Å². The Morgan fingerprint density at radius 2 is 2.00 bits per heavy atom. The molecule has 2 aromatic rings. The highest BCUT2D eigenvalue weighted by Gasteiger charge is 2.09. The maximum absolute atomic E-state index is 12.4. The van der Waals surface area contributed by atoms with Gasteiger partial charge in [0.15, 0.2) is 5.78 Å². The van der Waals surface area contributed by atoms with Gasteiger partial charge in [-0.25, -0.2) is 4.98 Å². The molecule has 2 N–H and O–H groups in total. The number of benzene rings is 1. The van der Waals surface area contributed by atoms with Crippen LogP contribution in [0, 0.1) is 0 Å². The standard InChI is InChI=1S/C22H25N3O2/c1-16(26)18-8-5-9-20(14-18)25-21-15-19(11-13-23-21)22(27)24-12-10-17-6-3-2-4-7-17/h5-6,8-9,11,13-15H,2-4,7,10,12H2,1H3,(H,23,25)(H,24,27). The second-order valence-electron chi connectivity index (χ2n) is 6.81. The van der Waals surface area contributed by atoms with Crippen LogP contribution < -0.4 is 10.6 Å². The quantitative estimate of drug-likeness (QED) is 0.555. The van der Waals surface area contributed by atoms with Gasteiger partial charge >= 0.3 is 0 Å². The summed E-state index contributed by atoms with van der Waals surface area (Å²) in [6.07, 6.45) is 9.67. The molecule has 0 unspecified atom stereocenters. The lowest BCUT2D eigenvalue weighted by molar-refractivity contribution is 0.0953. The van der Waals surface area contributed by atoms with E-state index in [2.05, 4.69) is 21.7 Å². The molecular weight excluding hydrogens is 338 g/mol. The van der Waals surface area contributed by atoms with Gasteiger partial charge in [0.05, 0.1) is 0 Å². The van der Waals surface area contributed by atoms with Crippen molar-refractivity contribution in [1.29, 1.82) is 0 Å². The van der Waals surface area contributed by atoms with E-state index >= 15 is 0 Å². The maximum atomic E-state index is 12.4. The van der Waals surface area contributed by atoms with E-state index in [1.807, 2.05) is 12.1 Å². The number of rotatable bonds is 7. The van der Waals surface area contributed by atoms with Crippen molar-refractivity contribution < 1.29 is 9.59 Å². The highest BCUT2D eigenvalue weighted by Crippen LogP contribution is 2.20. The van der Waals surface area contributed by atoms with Gasteiger partial charge in [-0.15, -0.1) is 0 Å². The van der Waals surface area contributed by atoms with E-state index in [1.165, 1.54) is 25.3 Å². The lowest BCUT2D eigenvalue weighted by atomic mass is 9.97. The molecule has 0 fully saturated rings. The normalized spacial score (nSPS) is 13.6. The molecule has 5 heteroatoms. The second-order valence-corrected chi connectivity index (χ2v) is 6.81. The topological polar surface area (TPSA) is 71.1 Å². The molecule has 0 saturated carbocycles. The molecular formula is C22H25N3O2. The van der Waals surface area contributed by atoms with Crippen LogP contribution in [-0.2, 0) is 0 Å². The predicted octanol–water partition coefficient (Wildman–Crippen LogP) is 4.65. The van der Waals surface area contributed by atoms with Crippen LogP contribution in [0.3, 0.4) is 0 Å². The van der Waals surface area contributed by atoms with Gasteiger partial charge in [-0.1, -0.05) is 23.8 Å². The third-order valence-corrected chi connectivity index (χ3v) is 4.68. The first kappa shape index (κ1) is 18.8. The molecule has 0 atom stereocenters. The molecule has 1 aromatic heterocycles. The molecule has 0 aliphatic heterocycles. The van der Waals surface area contributed by atoms with Crippen molar-refractivity contribution in [3.8, 4) is 0 Å². The van der Waals surface area contributed by atoms with E-state index in [-0.39, 0.29) is 11.7 Å². The van der Waals surface area contributed by atoms with Crippen molar-refractivity contribution in [3.05, 3.63) is 65.4 Å². The number of carbonyl (C=O) groups is 2. The summed E-state index contributed by atoms with van der Waals surface area (Å²) in [6.45, 7) is 2.18. The zero-order chi connectivity index (χ0) is 19.1. The SMILES string of the molecule is CC(=O)c1cccc(Nc2cc(C(=O)NCCC3=CCCCC3)ccn2)c1. The third-order valence-electron chi connectivity index (χ3n) is 4.68. The summed E-state index contributed by atoms with van der Waals surface area (Å²) in [4.78, 5) is 28.2. The van der Waals surface area contributed by atoms with Gasteiger partial charge in [-0.3, -0.25) is 9.59 Å². The Morgan fingerprint density at radius 3 is 2.78 bits per heavy atom. The van der Waals surface area contributed by atoms with Crippen LogP contribution in [0.5, 0.6) is 0 Å². The molecule has 1 amide bonds. The van der Waals surface area contributed by atoms with Crippen molar-refractivity contribution in [3.63, 3.8) is 0 Å². The fourth-order valence-electron chi connectivity index (χ4n) is 3.17. The number of amides is 1. The fraction of sp³-hybridized carbons (Fsp3) is 0.318. The Kier molecular flexibility index (Phi) is 6.36. The number of pyridine rings is 1. The Morgan fingerprint density at radius 1 is 1.11 bits per heavy atom. The van der Waals surface area contributed by atoms with Gasteiger partial charge in [-0.05, 0) is 63.3 Å². The Hall–Kier alpha value is -2.95. The third kappa shape index (κ3) is 5.51. The van der Waals surface area contributed by atoms with Gasteiger partial charge in [0.2, 0.25) is 0 Å². The van der Waals surface area contributed by atoms with Crippen molar-refractivity contribution in [2.24, 2.45) is 0 Å². The molecule has 140 valence electrons. The summed E-state index contributed by atoms with van der Waals surface area (Å²) in [5, 5.41) is 6.13. The number of aromatic nitrogens is 1. The highest BCUT2D eigenvalue weighted by molar-refractivity contribution is 5.96. The number of Topliss-reactive ketones (excluding diaryl/α,β-unsaturated/α-hetero) is 1.